The average Bonchev–Trinajstić information content (AvgIpc) is 2.60. The summed E-state index contributed by atoms with van der Waals surface area (Å²) in [4.78, 5) is 15.6. The first-order valence-electron chi connectivity index (χ1n) is 7.78. The van der Waals surface area contributed by atoms with Crippen LogP contribution in [-0.2, 0) is 6.54 Å². The number of alkyl halides is 3. The van der Waals surface area contributed by atoms with Crippen molar-refractivity contribution in [2.75, 3.05) is 18.5 Å². The number of carbonyl (C=O) groups excluding carboxylic acids is 1. The molecule has 0 unspecified atom stereocenters. The number of hydrogen-bond acceptors (Lipinski definition) is 4. The maximum absolute atomic E-state index is 12.1. The van der Waals surface area contributed by atoms with Gasteiger partial charge in [-0.25, -0.2) is 9.78 Å². The highest BCUT2D eigenvalue weighted by Crippen LogP contribution is 2.18. The van der Waals surface area contributed by atoms with Crippen LogP contribution < -0.4 is 20.1 Å². The first kappa shape index (κ1) is 19.4. The van der Waals surface area contributed by atoms with Crippen LogP contribution in [0, 0.1) is 0 Å². The summed E-state index contributed by atoms with van der Waals surface area (Å²) in [6.07, 6.45) is -3.12. The fourth-order valence-electron chi connectivity index (χ4n) is 1.95. The molecule has 6 nitrogen and oxygen atoms in total. The fraction of sp³-hybridized carbons (Fsp3) is 0.294. The molecule has 0 radical (unpaired) electrons. The average molecular weight is 369 g/mol. The van der Waals surface area contributed by atoms with E-state index in [2.05, 4.69) is 20.4 Å². The lowest BCUT2D eigenvalue weighted by atomic mass is 10.2. The van der Waals surface area contributed by atoms with Crippen molar-refractivity contribution in [2.24, 2.45) is 0 Å². The van der Waals surface area contributed by atoms with E-state index in [1.807, 2.05) is 6.92 Å². The highest BCUT2D eigenvalue weighted by atomic mass is 19.4. The Morgan fingerprint density at radius 3 is 2.54 bits per heavy atom. The zero-order valence-corrected chi connectivity index (χ0v) is 14.0. The van der Waals surface area contributed by atoms with Crippen molar-refractivity contribution in [3.8, 4) is 11.6 Å². The smallest absolute Gasteiger partial charge is 0.422 e. The number of nitrogens with zero attached hydrogens (tertiary/aromatic N) is 1. The van der Waals surface area contributed by atoms with E-state index in [1.165, 1.54) is 12.3 Å². The van der Waals surface area contributed by atoms with E-state index in [9.17, 15) is 18.0 Å². The molecule has 2 N–H and O–H groups in total. The molecular weight excluding hydrogens is 351 g/mol. The number of benzene rings is 1. The topological polar surface area (TPSA) is 72.5 Å². The second-order valence-corrected chi connectivity index (χ2v) is 5.17. The van der Waals surface area contributed by atoms with Gasteiger partial charge in [0.25, 0.3) is 0 Å². The van der Waals surface area contributed by atoms with Crippen molar-refractivity contribution in [2.45, 2.75) is 19.6 Å². The van der Waals surface area contributed by atoms with E-state index in [0.29, 0.717) is 23.6 Å². The quantitative estimate of drug-likeness (QED) is 0.780. The van der Waals surface area contributed by atoms with Crippen molar-refractivity contribution in [3.05, 3.63) is 48.2 Å². The standard InChI is InChI=1S/C17H18F3N3O3/c1-2-25-14-5-3-13(4-6-14)23-16(24)22-10-12-7-8-21-15(9-12)26-11-17(18,19)20/h3-9H,2,10-11H2,1H3,(H2,22,23,24). The maximum atomic E-state index is 12.1. The SMILES string of the molecule is CCOc1ccc(NC(=O)NCc2ccnc(OCC(F)(F)F)c2)cc1. The Bertz CT molecular complexity index is 721. The van der Waals surface area contributed by atoms with Crippen molar-refractivity contribution in [1.82, 2.24) is 10.3 Å². The van der Waals surface area contributed by atoms with Gasteiger partial charge < -0.3 is 20.1 Å². The lowest BCUT2D eigenvalue weighted by Crippen LogP contribution is -2.28. The van der Waals surface area contributed by atoms with Gasteiger partial charge in [-0.2, -0.15) is 13.2 Å². The maximum Gasteiger partial charge on any atom is 0.422 e. The van der Waals surface area contributed by atoms with Gasteiger partial charge in [0, 0.05) is 24.5 Å². The zero-order valence-electron chi connectivity index (χ0n) is 14.0. The number of aromatic nitrogens is 1. The van der Waals surface area contributed by atoms with Crippen LogP contribution in [0.2, 0.25) is 0 Å². The molecule has 0 aliphatic rings. The molecule has 140 valence electrons. The van der Waals surface area contributed by atoms with Gasteiger partial charge in [0.2, 0.25) is 5.88 Å². The highest BCUT2D eigenvalue weighted by Gasteiger charge is 2.28. The molecule has 0 saturated heterocycles. The molecule has 0 saturated carbocycles. The van der Waals surface area contributed by atoms with Crippen LogP contribution in [-0.4, -0.2) is 30.4 Å². The van der Waals surface area contributed by atoms with Crippen molar-refractivity contribution in [3.63, 3.8) is 0 Å². The van der Waals surface area contributed by atoms with Gasteiger partial charge >= 0.3 is 12.2 Å². The molecular formula is C17H18F3N3O3. The summed E-state index contributed by atoms with van der Waals surface area (Å²) in [5.41, 5.74) is 1.13. The van der Waals surface area contributed by atoms with Gasteiger partial charge in [-0.05, 0) is 42.8 Å². The van der Waals surface area contributed by atoms with Crippen molar-refractivity contribution >= 4 is 11.7 Å². The summed E-state index contributed by atoms with van der Waals surface area (Å²) < 4.78 is 46.3. The van der Waals surface area contributed by atoms with Crippen LogP contribution >= 0.6 is 0 Å². The van der Waals surface area contributed by atoms with E-state index in [-0.39, 0.29) is 12.4 Å². The Morgan fingerprint density at radius 2 is 1.88 bits per heavy atom. The molecule has 0 spiro atoms. The third kappa shape index (κ3) is 6.88. The molecule has 0 aliphatic carbocycles. The number of rotatable bonds is 7. The number of pyridine rings is 1. The molecule has 0 fully saturated rings. The number of ether oxygens (including phenoxy) is 2. The third-order valence-electron chi connectivity index (χ3n) is 3.06. The molecule has 9 heteroatoms. The Morgan fingerprint density at radius 1 is 1.15 bits per heavy atom. The molecule has 1 aromatic heterocycles. The second-order valence-electron chi connectivity index (χ2n) is 5.17. The highest BCUT2D eigenvalue weighted by molar-refractivity contribution is 5.89. The van der Waals surface area contributed by atoms with Gasteiger partial charge in [-0.1, -0.05) is 0 Å². The predicted octanol–water partition coefficient (Wildman–Crippen LogP) is 3.74. The second kappa shape index (κ2) is 8.93. The number of halogens is 3. The first-order valence-corrected chi connectivity index (χ1v) is 7.78. The van der Waals surface area contributed by atoms with Crippen LogP contribution in [0.15, 0.2) is 42.6 Å². The number of hydrogen-bond donors (Lipinski definition) is 2. The van der Waals surface area contributed by atoms with E-state index in [4.69, 9.17) is 4.74 Å². The van der Waals surface area contributed by atoms with Crippen molar-refractivity contribution < 1.29 is 27.4 Å². The third-order valence-corrected chi connectivity index (χ3v) is 3.06. The van der Waals surface area contributed by atoms with Crippen LogP contribution in [0.4, 0.5) is 23.7 Å². The monoisotopic (exact) mass is 369 g/mol. The number of urea groups is 1. The Labute approximate surface area is 148 Å². The van der Waals surface area contributed by atoms with Gasteiger partial charge in [0.05, 0.1) is 6.61 Å². The molecule has 0 bridgehead atoms. The first-order chi connectivity index (χ1) is 12.4. The molecule has 2 aromatic rings. The molecule has 26 heavy (non-hydrogen) atoms. The van der Waals surface area contributed by atoms with E-state index in [1.54, 1.807) is 30.3 Å². The van der Waals surface area contributed by atoms with Crippen LogP contribution in [0.25, 0.3) is 0 Å². The molecule has 0 atom stereocenters. The Hall–Kier alpha value is -2.97. The summed E-state index contributed by atoms with van der Waals surface area (Å²) in [7, 11) is 0. The van der Waals surface area contributed by atoms with E-state index < -0.39 is 18.8 Å². The minimum atomic E-state index is -4.44. The number of anilines is 1. The van der Waals surface area contributed by atoms with Crippen LogP contribution in [0.5, 0.6) is 11.6 Å². The normalized spacial score (nSPS) is 10.9. The summed E-state index contributed by atoms with van der Waals surface area (Å²) >= 11 is 0. The predicted molar refractivity (Wildman–Crippen MR) is 89.3 cm³/mol. The van der Waals surface area contributed by atoms with Gasteiger partial charge in [-0.3, -0.25) is 0 Å². The summed E-state index contributed by atoms with van der Waals surface area (Å²) in [6, 6.07) is 9.29. The summed E-state index contributed by atoms with van der Waals surface area (Å²) in [6.45, 7) is 1.11. The number of nitrogens with one attached hydrogen (secondary N) is 2. The van der Waals surface area contributed by atoms with Gasteiger partial charge in [-0.15, -0.1) is 0 Å². The molecule has 1 aromatic carbocycles. The summed E-state index contributed by atoms with van der Waals surface area (Å²) in [5.74, 6) is 0.537. The number of amides is 2. The lowest BCUT2D eigenvalue weighted by molar-refractivity contribution is -0.154. The number of carbonyl (C=O) groups is 1. The molecule has 2 amide bonds. The van der Waals surface area contributed by atoms with E-state index in [0.717, 1.165) is 0 Å². The molecule has 0 aliphatic heterocycles. The van der Waals surface area contributed by atoms with E-state index >= 15 is 0 Å². The largest absolute Gasteiger partial charge is 0.494 e. The summed E-state index contributed by atoms with van der Waals surface area (Å²) in [5, 5.41) is 5.24. The van der Waals surface area contributed by atoms with Crippen LogP contribution in [0.1, 0.15) is 12.5 Å². The zero-order chi connectivity index (χ0) is 19.0. The Kier molecular flexibility index (Phi) is 6.65. The molecule has 2 rings (SSSR count). The lowest BCUT2D eigenvalue weighted by Gasteiger charge is -2.11. The van der Waals surface area contributed by atoms with Crippen LogP contribution in [0.3, 0.4) is 0 Å². The van der Waals surface area contributed by atoms with Gasteiger partial charge in [0.1, 0.15) is 5.75 Å². The van der Waals surface area contributed by atoms with Crippen molar-refractivity contribution in [1.29, 1.82) is 0 Å². The fourth-order valence-corrected chi connectivity index (χ4v) is 1.95. The Balaban J connectivity index is 1.83. The van der Waals surface area contributed by atoms with Gasteiger partial charge in [0.15, 0.2) is 6.61 Å². The minimum absolute atomic E-state index is 0.105. The minimum Gasteiger partial charge on any atom is -0.494 e. The molecule has 1 heterocycles.